The van der Waals surface area contributed by atoms with Gasteiger partial charge in [-0.25, -0.2) is 4.68 Å². The van der Waals surface area contributed by atoms with Gasteiger partial charge in [0.2, 0.25) is 0 Å². The van der Waals surface area contributed by atoms with Crippen molar-refractivity contribution in [2.75, 3.05) is 25.2 Å². The molecule has 0 saturated carbocycles. The Kier molecular flexibility index (Phi) is 5.95. The third-order valence-corrected chi connectivity index (χ3v) is 5.29. The molecule has 0 atom stereocenters. The Morgan fingerprint density at radius 1 is 0.967 bits per heavy atom. The second kappa shape index (κ2) is 8.79. The Bertz CT molecular complexity index is 1010. The van der Waals surface area contributed by atoms with Crippen molar-refractivity contribution in [2.24, 2.45) is 0 Å². The van der Waals surface area contributed by atoms with Gasteiger partial charge in [-0.3, -0.25) is 4.90 Å². The van der Waals surface area contributed by atoms with Crippen molar-refractivity contribution in [2.45, 2.75) is 40.9 Å². The molecule has 0 radical (unpaired) electrons. The highest BCUT2D eigenvalue weighted by atomic mass is 16.5. The molecule has 1 aliphatic heterocycles. The second-order valence-electron chi connectivity index (χ2n) is 7.63. The van der Waals surface area contributed by atoms with E-state index in [9.17, 15) is 0 Å². The fraction of sp³-hybridized carbons (Fsp3) is 0.375. The molecule has 30 heavy (non-hydrogen) atoms. The Morgan fingerprint density at radius 3 is 2.43 bits per heavy atom. The summed E-state index contributed by atoms with van der Waals surface area (Å²) in [4.78, 5) is 2.34. The van der Waals surface area contributed by atoms with Crippen molar-refractivity contribution in [1.82, 2.24) is 14.7 Å². The Hall–Kier alpha value is -2.99. The van der Waals surface area contributed by atoms with Crippen molar-refractivity contribution in [3.8, 4) is 22.6 Å². The predicted molar refractivity (Wildman–Crippen MR) is 120 cm³/mol. The van der Waals surface area contributed by atoms with Crippen LogP contribution in [0.25, 0.3) is 11.1 Å². The minimum atomic E-state index is 0.598. The monoisotopic (exact) mass is 406 g/mol. The molecule has 2 aromatic carbocycles. The SMILES string of the molecule is CCOc1ccc(-c2c(C)nn3c2NCN(Cc2ccc(C)cc2)C3)cc1OCC. The number of nitrogens with one attached hydrogen (secondary N) is 1. The number of benzene rings is 2. The molecule has 6 nitrogen and oxygen atoms in total. The quantitative estimate of drug-likeness (QED) is 0.610. The van der Waals surface area contributed by atoms with Crippen LogP contribution in [0.3, 0.4) is 0 Å². The molecule has 0 unspecified atom stereocenters. The molecule has 1 aliphatic rings. The van der Waals surface area contributed by atoms with Crippen LogP contribution in [0.4, 0.5) is 5.82 Å². The van der Waals surface area contributed by atoms with Gasteiger partial charge in [-0.1, -0.05) is 35.9 Å². The summed E-state index contributed by atoms with van der Waals surface area (Å²) in [5.74, 6) is 2.60. The predicted octanol–water partition coefficient (Wildman–Crippen LogP) is 4.81. The van der Waals surface area contributed by atoms with Gasteiger partial charge in [-0.05, 0) is 51.0 Å². The van der Waals surface area contributed by atoms with Crippen molar-refractivity contribution in [3.63, 3.8) is 0 Å². The second-order valence-corrected chi connectivity index (χ2v) is 7.63. The van der Waals surface area contributed by atoms with E-state index in [2.05, 4.69) is 65.1 Å². The molecule has 158 valence electrons. The molecular formula is C24H30N4O2. The van der Waals surface area contributed by atoms with Gasteiger partial charge in [0.15, 0.2) is 11.5 Å². The summed E-state index contributed by atoms with van der Waals surface area (Å²) in [6, 6.07) is 14.8. The average molecular weight is 407 g/mol. The van der Waals surface area contributed by atoms with Gasteiger partial charge in [0.1, 0.15) is 5.82 Å². The van der Waals surface area contributed by atoms with E-state index >= 15 is 0 Å². The molecule has 1 N–H and O–H groups in total. The van der Waals surface area contributed by atoms with Crippen LogP contribution in [0, 0.1) is 13.8 Å². The highest BCUT2D eigenvalue weighted by molar-refractivity contribution is 5.79. The van der Waals surface area contributed by atoms with E-state index < -0.39 is 0 Å². The lowest BCUT2D eigenvalue weighted by molar-refractivity contribution is 0.198. The zero-order valence-electron chi connectivity index (χ0n) is 18.2. The Balaban J connectivity index is 1.58. The maximum absolute atomic E-state index is 5.82. The number of hydrogen-bond donors (Lipinski definition) is 1. The van der Waals surface area contributed by atoms with E-state index in [0.29, 0.717) is 13.2 Å². The highest BCUT2D eigenvalue weighted by Gasteiger charge is 2.23. The number of nitrogens with zero attached hydrogens (tertiary/aromatic N) is 3. The lowest BCUT2D eigenvalue weighted by Crippen LogP contribution is -2.36. The van der Waals surface area contributed by atoms with E-state index in [1.165, 1.54) is 11.1 Å². The minimum Gasteiger partial charge on any atom is -0.490 e. The van der Waals surface area contributed by atoms with E-state index in [-0.39, 0.29) is 0 Å². The van der Waals surface area contributed by atoms with Crippen LogP contribution in [0.2, 0.25) is 0 Å². The van der Waals surface area contributed by atoms with Crippen LogP contribution in [0.5, 0.6) is 11.5 Å². The fourth-order valence-electron chi connectivity index (χ4n) is 3.90. The molecule has 0 amide bonds. The Labute approximate surface area is 178 Å². The molecule has 0 aliphatic carbocycles. The summed E-state index contributed by atoms with van der Waals surface area (Å²) < 4.78 is 13.6. The van der Waals surface area contributed by atoms with Gasteiger partial charge in [0, 0.05) is 12.1 Å². The third-order valence-electron chi connectivity index (χ3n) is 5.29. The zero-order chi connectivity index (χ0) is 21.1. The van der Waals surface area contributed by atoms with Crippen molar-refractivity contribution < 1.29 is 9.47 Å². The normalized spacial score (nSPS) is 13.6. The van der Waals surface area contributed by atoms with Gasteiger partial charge in [0.25, 0.3) is 0 Å². The van der Waals surface area contributed by atoms with Crippen LogP contribution < -0.4 is 14.8 Å². The summed E-state index contributed by atoms with van der Waals surface area (Å²) in [6.45, 7) is 11.8. The lowest BCUT2D eigenvalue weighted by atomic mass is 10.0. The highest BCUT2D eigenvalue weighted by Crippen LogP contribution is 2.38. The number of anilines is 1. The molecule has 3 aromatic rings. The topological polar surface area (TPSA) is 51.5 Å². The number of rotatable bonds is 7. The molecule has 0 bridgehead atoms. The third kappa shape index (κ3) is 4.14. The van der Waals surface area contributed by atoms with Crippen molar-refractivity contribution in [3.05, 3.63) is 59.3 Å². The smallest absolute Gasteiger partial charge is 0.161 e. The van der Waals surface area contributed by atoms with Gasteiger partial charge >= 0.3 is 0 Å². The Morgan fingerprint density at radius 2 is 1.70 bits per heavy atom. The lowest BCUT2D eigenvalue weighted by Gasteiger charge is -2.29. The van der Waals surface area contributed by atoms with Crippen LogP contribution >= 0.6 is 0 Å². The first-order valence-electron chi connectivity index (χ1n) is 10.6. The summed E-state index contributed by atoms with van der Waals surface area (Å²) >= 11 is 0. The summed E-state index contributed by atoms with van der Waals surface area (Å²) in [7, 11) is 0. The molecular weight excluding hydrogens is 376 g/mol. The zero-order valence-corrected chi connectivity index (χ0v) is 18.2. The van der Waals surface area contributed by atoms with Gasteiger partial charge < -0.3 is 14.8 Å². The van der Waals surface area contributed by atoms with E-state index in [0.717, 1.165) is 54.0 Å². The van der Waals surface area contributed by atoms with Crippen molar-refractivity contribution >= 4 is 5.82 Å². The molecule has 2 heterocycles. The summed E-state index contributed by atoms with van der Waals surface area (Å²) in [5, 5.41) is 8.39. The molecule has 0 fully saturated rings. The van der Waals surface area contributed by atoms with E-state index in [1.54, 1.807) is 0 Å². The fourth-order valence-corrected chi connectivity index (χ4v) is 3.90. The minimum absolute atomic E-state index is 0.598. The van der Waals surface area contributed by atoms with Crippen LogP contribution in [0.15, 0.2) is 42.5 Å². The van der Waals surface area contributed by atoms with Crippen LogP contribution in [-0.4, -0.2) is 34.6 Å². The van der Waals surface area contributed by atoms with Crippen molar-refractivity contribution in [1.29, 1.82) is 0 Å². The van der Waals surface area contributed by atoms with Crippen LogP contribution in [0.1, 0.15) is 30.7 Å². The standard InChI is InChI=1S/C24H30N4O2/c1-5-29-21-12-11-20(13-22(21)30-6-2)23-18(4)26-28-16-27(15-25-24(23)28)14-19-9-7-17(3)8-10-19/h7-13,25H,5-6,14-16H2,1-4H3. The van der Waals surface area contributed by atoms with Crippen LogP contribution in [-0.2, 0) is 13.2 Å². The van der Waals surface area contributed by atoms with Gasteiger partial charge in [0.05, 0.1) is 32.2 Å². The summed E-state index contributed by atoms with van der Waals surface area (Å²) in [6.07, 6.45) is 0. The summed E-state index contributed by atoms with van der Waals surface area (Å²) in [5.41, 5.74) is 5.80. The number of aryl methyl sites for hydroxylation is 2. The van der Waals surface area contributed by atoms with Gasteiger partial charge in [-0.15, -0.1) is 0 Å². The number of ether oxygens (including phenoxy) is 2. The maximum Gasteiger partial charge on any atom is 0.161 e. The number of fused-ring (bicyclic) bond motifs is 1. The largest absolute Gasteiger partial charge is 0.490 e. The molecule has 4 rings (SSSR count). The first-order valence-corrected chi connectivity index (χ1v) is 10.6. The van der Waals surface area contributed by atoms with Gasteiger partial charge in [-0.2, -0.15) is 5.10 Å². The van der Waals surface area contributed by atoms with E-state index in [1.807, 2.05) is 19.9 Å². The number of hydrogen-bond acceptors (Lipinski definition) is 5. The number of aromatic nitrogens is 2. The molecule has 0 saturated heterocycles. The molecule has 1 aromatic heterocycles. The molecule has 6 heteroatoms. The average Bonchev–Trinajstić information content (AvgIpc) is 3.06. The first-order chi connectivity index (χ1) is 14.6. The first kappa shape index (κ1) is 20.3. The van der Waals surface area contributed by atoms with E-state index in [4.69, 9.17) is 14.6 Å². The molecule has 0 spiro atoms. The maximum atomic E-state index is 5.82.